The maximum Gasteiger partial charge on any atom is 0.221 e. The molecule has 0 aliphatic heterocycles. The summed E-state index contributed by atoms with van der Waals surface area (Å²) >= 11 is 7.30. The highest BCUT2D eigenvalue weighted by atomic mass is 79.9. The van der Waals surface area contributed by atoms with Crippen molar-refractivity contribution >= 4 is 176 Å². The van der Waals surface area contributed by atoms with Crippen LogP contribution >= 0.6 is 31.9 Å². The Kier molecular flexibility index (Phi) is 19.6. The van der Waals surface area contributed by atoms with Gasteiger partial charge in [-0.3, -0.25) is 17.9 Å². The molecule has 0 unspecified atom stereocenters. The molecular weight excluding hydrogens is 1440 g/mol. The number of halogens is 2. The topological polar surface area (TPSA) is 88.8 Å². The van der Waals surface area contributed by atoms with Crippen molar-refractivity contribution in [2.24, 2.45) is 0 Å². The van der Waals surface area contributed by atoms with E-state index < -0.39 is 0 Å². The van der Waals surface area contributed by atoms with Crippen LogP contribution in [0.3, 0.4) is 0 Å². The molecule has 0 fully saturated rings. The minimum absolute atomic E-state index is 0. The summed E-state index contributed by atoms with van der Waals surface area (Å²) < 4.78 is 11.1. The molecule has 0 aliphatic rings. The molecule has 14 aromatic carbocycles. The van der Waals surface area contributed by atoms with Crippen molar-refractivity contribution in [1.29, 1.82) is 0 Å². The molecule has 520 valence electrons. The lowest BCUT2D eigenvalue weighted by Crippen LogP contribution is -2.10. The molecule has 0 radical (unpaired) electrons. The number of benzene rings is 14. The monoisotopic (exact) mass is 1520 g/mol. The van der Waals surface area contributed by atoms with Crippen LogP contribution < -0.4 is 15.1 Å². The van der Waals surface area contributed by atoms with Gasteiger partial charge in [-0.1, -0.05) is 230 Å². The third-order valence-corrected chi connectivity index (χ3v) is 20.2. The molecule has 0 bridgehead atoms. The van der Waals surface area contributed by atoms with Gasteiger partial charge in [0.25, 0.3) is 0 Å². The average molecular weight is 1520 g/mol. The van der Waals surface area contributed by atoms with Crippen molar-refractivity contribution in [2.75, 3.05) is 15.1 Å². The van der Waals surface area contributed by atoms with Gasteiger partial charge < -0.3 is 15.1 Å². The summed E-state index contributed by atoms with van der Waals surface area (Å²) in [6.45, 7) is 4.42. The second-order valence-corrected chi connectivity index (χ2v) is 27.8. The zero-order valence-electron chi connectivity index (χ0n) is 58.3. The lowest BCUT2D eigenvalue weighted by molar-refractivity contribution is 0.772. The molecule has 11 nitrogen and oxygen atoms in total. The number of anilines is 8. The first-order valence-corrected chi connectivity index (χ1v) is 37.4. The predicted octanol–water partition coefficient (Wildman–Crippen LogP) is 27.0. The number of aromatic nitrogens is 8. The van der Waals surface area contributed by atoms with Crippen LogP contribution in [0, 0.1) is 0 Å². The van der Waals surface area contributed by atoms with Crippen LogP contribution in [-0.4, -0.2) is 37.9 Å². The van der Waals surface area contributed by atoms with E-state index in [1.54, 1.807) is 0 Å². The second kappa shape index (κ2) is 30.6. The summed E-state index contributed by atoms with van der Waals surface area (Å²) in [7, 11) is 0. The molecule has 1 N–H and O–H groups in total. The average Bonchev–Trinajstić information content (AvgIpc) is 1.57. The molecule has 0 saturated carbocycles. The summed E-state index contributed by atoms with van der Waals surface area (Å²) in [6.07, 6.45) is 4.08. The number of fused-ring (bicyclic) bond motifs is 16. The summed E-state index contributed by atoms with van der Waals surface area (Å²) in [6, 6.07) is 122. The van der Waals surface area contributed by atoms with Gasteiger partial charge in [0.05, 0.1) is 55.2 Å². The van der Waals surface area contributed by atoms with E-state index in [9.17, 15) is 0 Å². The van der Waals surface area contributed by atoms with Crippen LogP contribution in [0.5, 0.6) is 0 Å². The lowest BCUT2D eigenvalue weighted by Gasteiger charge is -2.26. The van der Waals surface area contributed by atoms with Gasteiger partial charge in [0, 0.05) is 86.8 Å². The number of nitrogens with one attached hydrogen (secondary N) is 1. The first kappa shape index (κ1) is 68.7. The maximum absolute atomic E-state index is 5.44. The number of rotatable bonds is 12. The Labute approximate surface area is 637 Å². The number of unbranched alkanes of at least 4 members (excludes halogenated alkanes) is 2. The van der Waals surface area contributed by atoms with E-state index in [1.807, 2.05) is 91.0 Å². The van der Waals surface area contributed by atoms with Crippen molar-refractivity contribution in [1.82, 2.24) is 37.9 Å². The molecule has 0 amide bonds. The highest BCUT2D eigenvalue weighted by molar-refractivity contribution is 9.10. The Morgan fingerprint density at radius 2 is 0.579 bits per heavy atom. The van der Waals surface area contributed by atoms with E-state index >= 15 is 0 Å². The van der Waals surface area contributed by atoms with E-state index in [4.69, 9.17) is 19.9 Å². The zero-order chi connectivity index (χ0) is 71.5. The van der Waals surface area contributed by atoms with Crippen molar-refractivity contribution in [3.8, 4) is 11.9 Å². The quantitative estimate of drug-likeness (QED) is 0.130. The summed E-state index contributed by atoms with van der Waals surface area (Å²) in [4.78, 5) is 25.4. The molecule has 13 heteroatoms. The van der Waals surface area contributed by atoms with E-state index in [0.717, 1.165) is 154 Å². The van der Waals surface area contributed by atoms with E-state index in [1.165, 1.54) is 30.0 Å². The Bertz CT molecular complexity index is 6210. The molecule has 20 aromatic rings. The van der Waals surface area contributed by atoms with Gasteiger partial charge in [-0.15, -0.1) is 0 Å². The third-order valence-electron chi connectivity index (χ3n) is 19.2. The minimum atomic E-state index is 0. The van der Waals surface area contributed by atoms with Crippen molar-refractivity contribution in [3.05, 3.63) is 361 Å². The van der Waals surface area contributed by atoms with Crippen LogP contribution in [0.1, 0.15) is 40.5 Å². The Hall–Kier alpha value is -12.7. The molecule has 0 atom stereocenters. The van der Waals surface area contributed by atoms with Crippen molar-refractivity contribution < 1.29 is 0 Å². The number of hydrogen-bond donors (Lipinski definition) is 1. The molecule has 107 heavy (non-hydrogen) atoms. The number of imidazole rings is 2. The van der Waals surface area contributed by atoms with Gasteiger partial charge in [0.2, 0.25) is 11.9 Å². The van der Waals surface area contributed by atoms with Gasteiger partial charge in [-0.2, -0.15) is 0 Å². The minimum Gasteiger partial charge on any atom is -0.356 e. The fourth-order valence-electron chi connectivity index (χ4n) is 14.4. The van der Waals surface area contributed by atoms with Crippen LogP contribution in [-0.2, 0) is 0 Å². The summed E-state index contributed by atoms with van der Waals surface area (Å²) in [5.74, 6) is 1.62. The second-order valence-electron chi connectivity index (χ2n) is 26.0. The van der Waals surface area contributed by atoms with E-state index in [0.29, 0.717) is 0 Å². The smallest absolute Gasteiger partial charge is 0.221 e. The maximum atomic E-state index is 5.44. The molecule has 6 aromatic heterocycles. The van der Waals surface area contributed by atoms with Crippen molar-refractivity contribution in [3.63, 3.8) is 0 Å². The highest BCUT2D eigenvalue weighted by Gasteiger charge is 2.25. The van der Waals surface area contributed by atoms with Crippen LogP contribution in [0.4, 0.5) is 45.5 Å². The third kappa shape index (κ3) is 13.4. The molecule has 0 spiro atoms. The number of hydrogen-bond acceptors (Lipinski definition) is 7. The van der Waals surface area contributed by atoms with Gasteiger partial charge in [-0.05, 0) is 194 Å². The Balaban J connectivity index is 0.000000143. The fourth-order valence-corrected chi connectivity index (χ4v) is 15.1. The van der Waals surface area contributed by atoms with Gasteiger partial charge in [0.15, 0.2) is 0 Å². The number of nitrogens with zero attached hydrogens (tertiary/aromatic N) is 10. The van der Waals surface area contributed by atoms with E-state index in [2.05, 4.69) is 340 Å². The fraction of sp³-hybridized carbons (Fsp3) is 0.0638. The summed E-state index contributed by atoms with van der Waals surface area (Å²) in [5.41, 5.74) is 20.6. The Morgan fingerprint density at radius 1 is 0.280 bits per heavy atom. The zero-order valence-corrected chi connectivity index (χ0v) is 61.5. The van der Waals surface area contributed by atoms with Crippen LogP contribution in [0.25, 0.3) is 111 Å². The summed E-state index contributed by atoms with van der Waals surface area (Å²) in [5, 5.41) is 9.93. The largest absolute Gasteiger partial charge is 0.356 e. The lowest BCUT2D eigenvalue weighted by atomic mass is 10.1. The highest BCUT2D eigenvalue weighted by Crippen LogP contribution is 2.44. The normalized spacial score (nSPS) is 11.2. The SMILES string of the molecule is Brc1ccc2c(c1)c1cc(Br)ccc1n2-c1nc2ccccc2c2nc3ccccc3n12.C.CCCCC.c1ccc(N(c2ccccc2)c2ccc3c(c2)c2cc(N(c4ccccc4)c4ccccc4)ccc2n3-c2nc3ccccc3c3nc4ccccc4n23)cc1.c1ccc(Nc2ccccc2)cc1. The molecule has 0 aliphatic carbocycles. The molecule has 20 rings (SSSR count). The first-order valence-electron chi connectivity index (χ1n) is 35.8. The van der Waals surface area contributed by atoms with Gasteiger partial charge >= 0.3 is 0 Å². The molecule has 0 saturated heterocycles. The van der Waals surface area contributed by atoms with Gasteiger partial charge in [-0.25, -0.2) is 19.9 Å². The first-order chi connectivity index (χ1) is 52.3. The van der Waals surface area contributed by atoms with Gasteiger partial charge in [0.1, 0.15) is 11.3 Å². The molecule has 6 heterocycles. The molecular formula is C94H75Br2N11. The van der Waals surface area contributed by atoms with Crippen LogP contribution in [0.15, 0.2) is 361 Å². The van der Waals surface area contributed by atoms with Crippen LogP contribution in [0.2, 0.25) is 0 Å². The van der Waals surface area contributed by atoms with Crippen molar-refractivity contribution in [2.45, 2.75) is 40.5 Å². The van der Waals surface area contributed by atoms with E-state index in [-0.39, 0.29) is 7.43 Å². The predicted molar refractivity (Wildman–Crippen MR) is 458 cm³/mol. The Morgan fingerprint density at radius 3 is 0.925 bits per heavy atom. The number of para-hydroxylation sites is 12. The standard InChI is InChI=1S/C50H34N6.C26H14Br2N4.C12H11N.C5H12.CH4/c1-5-17-35(18-6-1)53(36-19-7-2-8-20-36)39-29-31-46-42(33-39)43-34-40(54(37-21-9-3-10-22-37)38-23-11-4-12-24-38)30-32-47(43)55(46)50-52-44-26-14-13-25-41(44)49-51-45-27-15-16-28-48(45)56(49)50;27-15-9-11-22-18(13-15)19-14-16(28)10-12-23(19)31(22)26-30-20-6-2-1-5-17(20)25-29-21-7-3-4-8-24(21)32(25)26;1-3-7-11(8-4-1)13-12-9-5-2-6-10-12;1-3-5-4-2;/h1-34H;1-14H;1-10,13H;3-5H2,1-2H3;1H4.